The van der Waals surface area contributed by atoms with Gasteiger partial charge >= 0.3 is 0 Å². The van der Waals surface area contributed by atoms with E-state index in [1.54, 1.807) is 37.1 Å². The lowest BCUT2D eigenvalue weighted by Crippen LogP contribution is -2.14. The highest BCUT2D eigenvalue weighted by atomic mass is 79.9. The number of pyridine rings is 2. The molecule has 1 aliphatic carbocycles. The van der Waals surface area contributed by atoms with Crippen molar-refractivity contribution in [3.63, 3.8) is 0 Å². The summed E-state index contributed by atoms with van der Waals surface area (Å²) in [4.78, 5) is 23.9. The maximum Gasteiger partial charge on any atom is 0.223 e. The van der Waals surface area contributed by atoms with Gasteiger partial charge in [0, 0.05) is 117 Å². The van der Waals surface area contributed by atoms with Gasteiger partial charge in [-0.05, 0) is 257 Å². The molecule has 0 fully saturated rings. The normalized spacial score (nSPS) is 11.3. The molecule has 0 saturated carbocycles. The predicted octanol–water partition coefficient (Wildman–Crippen LogP) is 34.8. The smallest absolute Gasteiger partial charge is 0.223 e. The molecule has 0 atom stereocenters. The minimum Gasteiger partial charge on any atom is -0.455 e. The van der Waals surface area contributed by atoms with E-state index in [2.05, 4.69) is 406 Å². The Hall–Kier alpha value is -10.5. The van der Waals surface area contributed by atoms with Crippen LogP contribution in [0.5, 0.6) is 0 Å². The number of rotatable bonds is 3. The van der Waals surface area contributed by atoms with E-state index < -0.39 is 0 Å². The van der Waals surface area contributed by atoms with E-state index in [0.717, 1.165) is 70.5 Å². The molecule has 0 bridgehead atoms. The van der Waals surface area contributed by atoms with E-state index in [4.69, 9.17) is 16.0 Å². The van der Waals surface area contributed by atoms with Gasteiger partial charge in [-0.1, -0.05) is 320 Å². The molecule has 7 aromatic heterocycles. The van der Waals surface area contributed by atoms with Crippen molar-refractivity contribution in [2.24, 2.45) is 0 Å². The van der Waals surface area contributed by atoms with E-state index >= 15 is 0 Å². The van der Waals surface area contributed by atoms with Crippen molar-refractivity contribution < 1.29 is 4.42 Å². The van der Waals surface area contributed by atoms with E-state index in [0.29, 0.717) is 4.73 Å². The van der Waals surface area contributed by atoms with Gasteiger partial charge in [-0.3, -0.25) is 4.98 Å². The molecule has 0 amide bonds. The molecule has 8 nitrogen and oxygen atoms in total. The Labute approximate surface area is 789 Å². The Kier molecular flexibility index (Phi) is 29.7. The van der Waals surface area contributed by atoms with Crippen LogP contribution in [0.1, 0.15) is 25.0 Å². The van der Waals surface area contributed by atoms with Crippen LogP contribution in [-0.4, -0.2) is 34.5 Å². The van der Waals surface area contributed by atoms with Crippen LogP contribution in [0.3, 0.4) is 0 Å². The Morgan fingerprint density at radius 2 is 0.813 bits per heavy atom. The first kappa shape index (κ1) is 87.4. The molecule has 7 heterocycles. The highest BCUT2D eigenvalue weighted by molar-refractivity contribution is 9.11. The number of thiophene rings is 1. The van der Waals surface area contributed by atoms with Crippen LogP contribution in [0, 0.1) is 0 Å². The Morgan fingerprint density at radius 3 is 1.41 bits per heavy atom. The van der Waals surface area contributed by atoms with Gasteiger partial charge in [0.05, 0.1) is 26.9 Å². The zero-order chi connectivity index (χ0) is 85.2. The van der Waals surface area contributed by atoms with E-state index in [1.807, 2.05) is 145 Å². The second-order valence-corrected chi connectivity index (χ2v) is 36.8. The van der Waals surface area contributed by atoms with Crippen LogP contribution < -0.4 is 0 Å². The molecule has 18 heteroatoms. The maximum absolute atomic E-state index is 6.03. The molecule has 602 valence electrons. The largest absolute Gasteiger partial charge is 0.455 e. The first-order valence-corrected chi connectivity index (χ1v) is 46.5. The standard InChI is InChI=1S/C18H12BrN.C18H11Br.C16H11ClN2.C15H13Br.C12H7BrO.C12H7BrS.2C5H4BrN.C4H3BrN2/c19-13-10-11-18-16(12-13)15-8-4-5-9-17(15)20(18)14-6-2-1-3-7-14;19-12-9-10-17-15-7-2-1-5-13(15)14-6-3-4-8-16(14)18(17)11-12;17-16-18-14(12-7-3-1-4-8-12)11-15(19-16)13-9-5-2-6-10-13;1-15(2)13-6-4-3-5-11(13)12-8-7-10(16)9-14(12)15;13-10-6-3-5-9-8-4-1-2-7-11(8)14-12(9)10;13-8-5-6-10-9-3-1-2-4-11(9)14-12(10)7-8;6-5-2-1-3-7-4-5;6-5-3-1-2-4-7-5;5-4-6-2-1-3-7-4/h1-12H;2*1-11H;3-9H,1-2H3;2*1-7H;2*1-4H;1-3H. The van der Waals surface area contributed by atoms with E-state index in [9.17, 15) is 0 Å². The van der Waals surface area contributed by atoms with Crippen molar-refractivity contribution in [3.8, 4) is 39.3 Å². The van der Waals surface area contributed by atoms with Crippen molar-refractivity contribution in [1.82, 2.24) is 34.5 Å². The van der Waals surface area contributed by atoms with Gasteiger partial charge in [-0.25, -0.2) is 24.9 Å². The van der Waals surface area contributed by atoms with Crippen LogP contribution in [0.15, 0.2) is 442 Å². The molecule has 15 aromatic carbocycles. The van der Waals surface area contributed by atoms with Gasteiger partial charge in [0.1, 0.15) is 15.8 Å². The van der Waals surface area contributed by atoms with Gasteiger partial charge in [-0.15, -0.1) is 11.3 Å². The molecule has 0 unspecified atom stereocenters. The monoisotopic (exact) mass is 2140 g/mol. The van der Waals surface area contributed by atoms with Crippen molar-refractivity contribution in [2.45, 2.75) is 19.3 Å². The summed E-state index contributed by atoms with van der Waals surface area (Å²) in [5, 5.41) is 15.8. The summed E-state index contributed by atoms with van der Waals surface area (Å²) in [5.74, 6) is 0. The highest BCUT2D eigenvalue weighted by Gasteiger charge is 2.35. The van der Waals surface area contributed by atoms with Crippen LogP contribution in [0.25, 0.3) is 136 Å². The first-order chi connectivity index (χ1) is 60.0. The Bertz CT molecular complexity index is 7180. The minimum atomic E-state index is 0.121. The molecule has 123 heavy (non-hydrogen) atoms. The lowest BCUT2D eigenvalue weighted by Gasteiger charge is -2.21. The summed E-state index contributed by atoms with van der Waals surface area (Å²) in [6.07, 6.45) is 8.59. The van der Waals surface area contributed by atoms with Gasteiger partial charge in [0.25, 0.3) is 0 Å². The molecule has 0 spiro atoms. The third kappa shape index (κ3) is 21.5. The van der Waals surface area contributed by atoms with Gasteiger partial charge in [0.15, 0.2) is 4.73 Å². The fourth-order valence-corrected chi connectivity index (χ4v) is 18.8. The highest BCUT2D eigenvalue weighted by Crippen LogP contribution is 2.49. The zero-order valence-corrected chi connectivity index (χ0v) is 80.2. The molecule has 23 rings (SSSR count). The van der Waals surface area contributed by atoms with Crippen molar-refractivity contribution >= 4 is 247 Å². The van der Waals surface area contributed by atoms with Crippen LogP contribution >= 0.6 is 150 Å². The fraction of sp³-hybridized carbons (Fsp3) is 0.0286. The van der Waals surface area contributed by atoms with Crippen LogP contribution in [0.2, 0.25) is 5.28 Å². The summed E-state index contributed by atoms with van der Waals surface area (Å²) < 4.78 is 18.9. The number of halogens is 9. The Balaban J connectivity index is 0.000000110. The summed E-state index contributed by atoms with van der Waals surface area (Å²) in [5.41, 5.74) is 15.0. The minimum absolute atomic E-state index is 0.121. The molecule has 0 saturated heterocycles. The fourth-order valence-electron chi connectivity index (χ4n) is 14.7. The first-order valence-electron chi connectivity index (χ1n) is 39.0. The van der Waals surface area contributed by atoms with Gasteiger partial charge in [-0.2, -0.15) is 0 Å². The number of hydrogen-bond donors (Lipinski definition) is 0. The summed E-state index contributed by atoms with van der Waals surface area (Å²) in [6.45, 7) is 4.59. The summed E-state index contributed by atoms with van der Waals surface area (Å²) in [6, 6.07) is 127. The third-order valence-electron chi connectivity index (χ3n) is 20.2. The van der Waals surface area contributed by atoms with E-state index in [-0.39, 0.29) is 10.7 Å². The van der Waals surface area contributed by atoms with Crippen LogP contribution in [-0.2, 0) is 5.41 Å². The average Bonchev–Trinajstić information content (AvgIpc) is 1.68. The van der Waals surface area contributed by atoms with E-state index in [1.165, 1.54) is 108 Å². The number of furan rings is 1. The van der Waals surface area contributed by atoms with Crippen molar-refractivity contribution in [3.05, 3.63) is 454 Å². The quantitative estimate of drug-likeness (QED) is 0.0988. The second kappa shape index (κ2) is 41.8. The molecule has 0 aliphatic heterocycles. The number of benzene rings is 15. The molecule has 0 N–H and O–H groups in total. The topological polar surface area (TPSA) is 95.4 Å². The molecule has 22 aromatic rings. The molecular weight excluding hydrogens is 2080 g/mol. The number of nitrogens with zero attached hydrogens (tertiary/aromatic N) is 7. The summed E-state index contributed by atoms with van der Waals surface area (Å²) in [7, 11) is 0. The number of aromatic nitrogens is 7. The molecular formula is C105H72Br8ClN7OS. The summed E-state index contributed by atoms with van der Waals surface area (Å²) >= 11 is 35.1. The lowest BCUT2D eigenvalue weighted by molar-refractivity contribution is 0.660. The Morgan fingerprint density at radius 1 is 0.325 bits per heavy atom. The second-order valence-electron chi connectivity index (χ2n) is 28.4. The molecule has 1 aliphatic rings. The number of fused-ring (bicyclic) bond motifs is 18. The van der Waals surface area contributed by atoms with Gasteiger partial charge in [0.2, 0.25) is 5.28 Å². The third-order valence-corrected chi connectivity index (χ3v) is 25.5. The van der Waals surface area contributed by atoms with Crippen molar-refractivity contribution in [1.29, 1.82) is 0 Å². The SMILES string of the molecule is Brc1ccc2c(c1)c1ccccc1n2-c1ccccc1.Brc1ccc2c(c1)sc1ccccc12.Brc1ccc2c3ccccc3c3ccccc3c2c1.Brc1cccc2c1oc1ccccc12.Brc1ccccn1.Brc1cccnc1.Brc1ncccn1.CC1(C)c2ccccc2-c2ccc(Br)cc21.Clc1nc(-c2ccccc2)cc(-c2ccccc2)n1. The average molecular weight is 2150 g/mol. The van der Waals surface area contributed by atoms with Crippen molar-refractivity contribution in [2.75, 3.05) is 0 Å². The number of para-hydroxylation sites is 4. The maximum atomic E-state index is 6.03. The predicted molar refractivity (Wildman–Crippen MR) is 547 cm³/mol. The lowest BCUT2D eigenvalue weighted by atomic mass is 9.82. The van der Waals surface area contributed by atoms with Gasteiger partial charge < -0.3 is 8.98 Å². The molecule has 0 radical (unpaired) electrons. The number of hydrogen-bond acceptors (Lipinski definition) is 8. The van der Waals surface area contributed by atoms with Crippen LogP contribution in [0.4, 0.5) is 0 Å². The zero-order valence-electron chi connectivity index (χ0n) is 66.0.